The van der Waals surface area contributed by atoms with Gasteiger partial charge in [0.05, 0.1) is 6.54 Å². The first-order valence-corrected chi connectivity index (χ1v) is 7.09. The number of rotatable bonds is 6. The molecule has 0 fully saturated rings. The highest BCUT2D eigenvalue weighted by Crippen LogP contribution is 2.07. The molecular weight excluding hydrogens is 264 g/mol. The highest BCUT2D eigenvalue weighted by molar-refractivity contribution is 5.67. The number of hydrogen-bond acceptors (Lipinski definition) is 3. The van der Waals surface area contributed by atoms with Gasteiger partial charge in [0.1, 0.15) is 5.60 Å². The van der Waals surface area contributed by atoms with E-state index in [2.05, 4.69) is 40.8 Å². The molecule has 0 unspecified atom stereocenters. The Morgan fingerprint density at radius 2 is 1.86 bits per heavy atom. The average Bonchev–Trinajstić information content (AvgIpc) is 2.39. The van der Waals surface area contributed by atoms with E-state index in [1.807, 2.05) is 20.8 Å². The minimum atomic E-state index is -0.461. The summed E-state index contributed by atoms with van der Waals surface area (Å²) in [5.41, 5.74) is 1.90. The summed E-state index contributed by atoms with van der Waals surface area (Å²) in [7, 11) is 0. The van der Waals surface area contributed by atoms with Crippen molar-refractivity contribution in [2.75, 3.05) is 13.1 Å². The second-order valence-corrected chi connectivity index (χ2v) is 5.80. The summed E-state index contributed by atoms with van der Waals surface area (Å²) >= 11 is 0. The number of hydrogen-bond donors (Lipinski definition) is 2. The van der Waals surface area contributed by atoms with Crippen LogP contribution in [0.1, 0.15) is 31.9 Å². The molecule has 2 N–H and O–H groups in total. The molecule has 1 aromatic rings. The Balaban J connectivity index is 2.30. The number of terminal acetylenes is 1. The maximum Gasteiger partial charge on any atom is 0.407 e. The first-order valence-electron chi connectivity index (χ1n) is 7.09. The third-order valence-corrected chi connectivity index (χ3v) is 2.66. The van der Waals surface area contributed by atoms with E-state index in [0.29, 0.717) is 13.1 Å². The van der Waals surface area contributed by atoms with E-state index in [1.54, 1.807) is 0 Å². The Labute approximate surface area is 127 Å². The number of alkyl carbamates (subject to hydrolysis) is 1. The van der Waals surface area contributed by atoms with Crippen molar-refractivity contribution in [2.45, 2.75) is 39.3 Å². The summed E-state index contributed by atoms with van der Waals surface area (Å²) in [5.74, 6) is 2.54. The Bertz CT molecular complexity index is 481. The van der Waals surface area contributed by atoms with Crippen molar-refractivity contribution in [1.29, 1.82) is 0 Å². The van der Waals surface area contributed by atoms with E-state index in [1.165, 1.54) is 11.1 Å². The monoisotopic (exact) mass is 288 g/mol. The summed E-state index contributed by atoms with van der Waals surface area (Å²) < 4.78 is 5.18. The maximum atomic E-state index is 11.5. The fraction of sp³-hybridized carbons (Fsp3) is 0.471. The van der Waals surface area contributed by atoms with Crippen LogP contribution >= 0.6 is 0 Å². The number of carbonyl (C=O) groups is 1. The van der Waals surface area contributed by atoms with Gasteiger partial charge in [0, 0.05) is 13.1 Å². The molecule has 0 heterocycles. The zero-order valence-electron chi connectivity index (χ0n) is 13.0. The van der Waals surface area contributed by atoms with Gasteiger partial charge in [0.2, 0.25) is 0 Å². The third-order valence-electron chi connectivity index (χ3n) is 2.66. The molecule has 114 valence electrons. The summed E-state index contributed by atoms with van der Waals surface area (Å²) in [6.45, 7) is 7.43. The molecule has 0 spiro atoms. The summed E-state index contributed by atoms with van der Waals surface area (Å²) in [6, 6.07) is 8.24. The first-order chi connectivity index (χ1) is 9.90. The predicted molar refractivity (Wildman–Crippen MR) is 84.9 cm³/mol. The largest absolute Gasteiger partial charge is 0.444 e. The van der Waals surface area contributed by atoms with E-state index in [4.69, 9.17) is 11.2 Å². The quantitative estimate of drug-likeness (QED) is 0.624. The number of ether oxygens (including phenoxy) is 1. The Morgan fingerprint density at radius 1 is 1.24 bits per heavy atom. The molecule has 0 saturated heterocycles. The number of nitrogens with one attached hydrogen (secondary N) is 2. The molecule has 0 atom stereocenters. The third kappa shape index (κ3) is 8.01. The van der Waals surface area contributed by atoms with Crippen LogP contribution in [0.3, 0.4) is 0 Å². The van der Waals surface area contributed by atoms with Gasteiger partial charge in [0.15, 0.2) is 0 Å². The number of carbonyl (C=O) groups excluding carboxylic acids is 1. The van der Waals surface area contributed by atoms with E-state index >= 15 is 0 Å². The standard InChI is InChI=1S/C17H24N2O2/c1-5-11-18-13-15-8-6-14(7-9-15)10-12-19-16(20)21-17(2,3)4/h1,6-9,18H,10-13H2,2-4H3,(H,19,20). The summed E-state index contributed by atoms with van der Waals surface area (Å²) in [6.07, 6.45) is 5.57. The molecule has 4 nitrogen and oxygen atoms in total. The molecule has 4 heteroatoms. The molecule has 1 aromatic carbocycles. The van der Waals surface area contributed by atoms with Gasteiger partial charge >= 0.3 is 6.09 Å². The molecule has 21 heavy (non-hydrogen) atoms. The van der Waals surface area contributed by atoms with E-state index in [0.717, 1.165) is 13.0 Å². The van der Waals surface area contributed by atoms with Gasteiger partial charge in [-0.1, -0.05) is 30.2 Å². The fourth-order valence-corrected chi connectivity index (χ4v) is 1.73. The smallest absolute Gasteiger partial charge is 0.407 e. The highest BCUT2D eigenvalue weighted by atomic mass is 16.6. The topological polar surface area (TPSA) is 50.4 Å². The average molecular weight is 288 g/mol. The lowest BCUT2D eigenvalue weighted by molar-refractivity contribution is 0.0528. The van der Waals surface area contributed by atoms with Gasteiger partial charge < -0.3 is 15.4 Å². The lowest BCUT2D eigenvalue weighted by Crippen LogP contribution is -2.33. The molecule has 1 rings (SSSR count). The van der Waals surface area contributed by atoms with Crippen molar-refractivity contribution in [3.8, 4) is 12.3 Å². The fourth-order valence-electron chi connectivity index (χ4n) is 1.73. The predicted octanol–water partition coefficient (Wildman–Crippen LogP) is 2.48. The molecule has 0 radical (unpaired) electrons. The van der Waals surface area contributed by atoms with Gasteiger partial charge in [-0.2, -0.15) is 0 Å². The summed E-state index contributed by atoms with van der Waals surface area (Å²) in [5, 5.41) is 5.89. The van der Waals surface area contributed by atoms with Crippen LogP contribution in [0.5, 0.6) is 0 Å². The Kier molecular flexibility index (Phi) is 6.77. The second-order valence-electron chi connectivity index (χ2n) is 5.80. The van der Waals surface area contributed by atoms with Gasteiger partial charge in [0.25, 0.3) is 0 Å². The van der Waals surface area contributed by atoms with Crippen molar-refractivity contribution in [1.82, 2.24) is 10.6 Å². The number of amides is 1. The van der Waals surface area contributed by atoms with Crippen molar-refractivity contribution in [3.05, 3.63) is 35.4 Å². The zero-order chi connectivity index (χ0) is 15.7. The van der Waals surface area contributed by atoms with Crippen LogP contribution < -0.4 is 10.6 Å². The first kappa shape index (κ1) is 17.1. The van der Waals surface area contributed by atoms with Crippen LogP contribution in [-0.2, 0) is 17.7 Å². The molecular formula is C17H24N2O2. The molecule has 0 bridgehead atoms. The molecule has 1 amide bonds. The normalized spacial score (nSPS) is 10.8. The minimum Gasteiger partial charge on any atom is -0.444 e. The molecule has 0 aliphatic carbocycles. The Hall–Kier alpha value is -1.99. The van der Waals surface area contributed by atoms with Crippen LogP contribution in [0, 0.1) is 12.3 Å². The highest BCUT2D eigenvalue weighted by Gasteiger charge is 2.15. The van der Waals surface area contributed by atoms with Gasteiger partial charge in [-0.15, -0.1) is 6.42 Å². The lowest BCUT2D eigenvalue weighted by atomic mass is 10.1. The van der Waals surface area contributed by atoms with Crippen LogP contribution in [0.15, 0.2) is 24.3 Å². The van der Waals surface area contributed by atoms with Crippen molar-refractivity contribution in [2.24, 2.45) is 0 Å². The van der Waals surface area contributed by atoms with Gasteiger partial charge in [-0.05, 0) is 38.3 Å². The SMILES string of the molecule is C#CCNCc1ccc(CCNC(=O)OC(C)(C)C)cc1. The van der Waals surface area contributed by atoms with Crippen molar-refractivity contribution in [3.63, 3.8) is 0 Å². The van der Waals surface area contributed by atoms with Crippen LogP contribution in [0.4, 0.5) is 4.79 Å². The van der Waals surface area contributed by atoms with Gasteiger partial charge in [-0.25, -0.2) is 4.79 Å². The molecule has 0 aliphatic heterocycles. The zero-order valence-corrected chi connectivity index (χ0v) is 13.0. The Morgan fingerprint density at radius 3 is 2.43 bits per heavy atom. The minimum absolute atomic E-state index is 0.377. The van der Waals surface area contributed by atoms with Crippen LogP contribution in [-0.4, -0.2) is 24.8 Å². The van der Waals surface area contributed by atoms with Crippen LogP contribution in [0.2, 0.25) is 0 Å². The second kappa shape index (κ2) is 8.33. The van der Waals surface area contributed by atoms with E-state index in [9.17, 15) is 4.79 Å². The van der Waals surface area contributed by atoms with E-state index in [-0.39, 0.29) is 6.09 Å². The van der Waals surface area contributed by atoms with Crippen LogP contribution in [0.25, 0.3) is 0 Å². The van der Waals surface area contributed by atoms with Gasteiger partial charge in [-0.3, -0.25) is 0 Å². The molecule has 0 aromatic heterocycles. The van der Waals surface area contributed by atoms with Crippen molar-refractivity contribution >= 4 is 6.09 Å². The molecule has 0 saturated carbocycles. The maximum absolute atomic E-state index is 11.5. The number of benzene rings is 1. The van der Waals surface area contributed by atoms with Crippen molar-refractivity contribution < 1.29 is 9.53 Å². The molecule has 0 aliphatic rings. The van der Waals surface area contributed by atoms with E-state index < -0.39 is 5.60 Å². The summed E-state index contributed by atoms with van der Waals surface area (Å²) in [4.78, 5) is 11.5. The lowest BCUT2D eigenvalue weighted by Gasteiger charge is -2.19.